The molecule has 0 bridgehead atoms. The van der Waals surface area contributed by atoms with Crippen LogP contribution in [-0.2, 0) is 16.1 Å². The molecule has 2 heterocycles. The fraction of sp³-hybridized carbons (Fsp3) is 0.321. The Morgan fingerprint density at radius 3 is 2.38 bits per heavy atom. The van der Waals surface area contributed by atoms with Crippen LogP contribution in [0.1, 0.15) is 28.8 Å². The van der Waals surface area contributed by atoms with E-state index < -0.39 is 0 Å². The number of nitrogens with zero attached hydrogens (tertiary/aromatic N) is 1. The highest BCUT2D eigenvalue weighted by atomic mass is 127. The quantitative estimate of drug-likeness (QED) is 0.262. The van der Waals surface area contributed by atoms with Crippen LogP contribution < -0.4 is 29.3 Å². The van der Waals surface area contributed by atoms with E-state index in [4.69, 9.17) is 4.74 Å². The van der Waals surface area contributed by atoms with Crippen LogP contribution in [0.15, 0.2) is 66.7 Å². The van der Waals surface area contributed by atoms with Crippen LogP contribution >= 0.6 is 11.3 Å². The smallest absolute Gasteiger partial charge is 0.248 e. The number of amides is 1. The van der Waals surface area contributed by atoms with Gasteiger partial charge in [0.05, 0.1) is 33.4 Å². The number of nitrogens with one attached hydrogen (secondary N) is 1. The van der Waals surface area contributed by atoms with E-state index in [1.165, 1.54) is 21.6 Å². The van der Waals surface area contributed by atoms with Gasteiger partial charge >= 0.3 is 0 Å². The van der Waals surface area contributed by atoms with Crippen molar-refractivity contribution in [2.75, 3.05) is 32.6 Å². The molecule has 1 aromatic heterocycles. The van der Waals surface area contributed by atoms with Crippen LogP contribution in [-0.4, -0.2) is 43.7 Å². The van der Waals surface area contributed by atoms with Crippen LogP contribution in [0.4, 0.5) is 5.69 Å². The lowest BCUT2D eigenvalue weighted by atomic mass is 10.0. The summed E-state index contributed by atoms with van der Waals surface area (Å²) in [6.45, 7) is 4.79. The van der Waals surface area contributed by atoms with Crippen molar-refractivity contribution < 1.29 is 38.0 Å². The first-order valence-electron chi connectivity index (χ1n) is 11.5. The third-order valence-corrected chi connectivity index (χ3v) is 7.45. The number of aryl methyl sites for hydroxylation is 1. The van der Waals surface area contributed by atoms with Gasteiger partial charge < -0.3 is 38.5 Å². The summed E-state index contributed by atoms with van der Waals surface area (Å²) in [5.41, 5.74) is 4.55. The van der Waals surface area contributed by atoms with Crippen molar-refractivity contribution in [2.45, 2.75) is 32.4 Å². The molecular weight excluding hydrogens is 555 g/mol. The maximum Gasteiger partial charge on any atom is 0.248 e. The Labute approximate surface area is 224 Å². The van der Waals surface area contributed by atoms with E-state index in [1.54, 1.807) is 17.4 Å². The van der Waals surface area contributed by atoms with Crippen LogP contribution in [0, 0.1) is 6.92 Å². The molecule has 1 fully saturated rings. The number of benzene rings is 2. The number of anilines is 1. The number of quaternary nitrogens is 1. The second kappa shape index (κ2) is 12.1. The normalized spacial score (nSPS) is 14.7. The summed E-state index contributed by atoms with van der Waals surface area (Å²) >= 11 is 1.68. The van der Waals surface area contributed by atoms with Crippen LogP contribution in [0.25, 0.3) is 16.5 Å². The lowest BCUT2D eigenvalue weighted by Gasteiger charge is -2.40. The third-order valence-electron chi connectivity index (χ3n) is 6.35. The van der Waals surface area contributed by atoms with Crippen LogP contribution in [0.5, 0.6) is 0 Å². The Balaban J connectivity index is 0.00000324. The number of hydrogen-bond donors (Lipinski definition) is 1. The third kappa shape index (κ3) is 7.25. The van der Waals surface area contributed by atoms with Crippen molar-refractivity contribution in [3.05, 3.63) is 82.7 Å². The molecular formula is C28H33IN2O2S. The zero-order chi connectivity index (χ0) is 23.3. The zero-order valence-corrected chi connectivity index (χ0v) is 23.1. The summed E-state index contributed by atoms with van der Waals surface area (Å²) in [4.78, 5) is 14.7. The SMILES string of the molecule is Cc1ccc(-c2ccc(C=CC(=O)Nc3ccc(C[N+](C)(C)C4CCOCC4)cc3)s2)cc1.[I-]. The molecule has 0 unspecified atom stereocenters. The van der Waals surface area contributed by atoms with Crippen molar-refractivity contribution in [3.8, 4) is 10.4 Å². The van der Waals surface area contributed by atoms with Gasteiger partial charge in [-0.25, -0.2) is 0 Å². The molecule has 4 rings (SSSR count). The molecule has 6 heteroatoms. The number of halogens is 1. The first-order chi connectivity index (χ1) is 15.9. The van der Waals surface area contributed by atoms with Gasteiger partial charge in [-0.05, 0) is 42.8 Å². The van der Waals surface area contributed by atoms with E-state index >= 15 is 0 Å². The van der Waals surface area contributed by atoms with Gasteiger partial charge in [0, 0.05) is 39.9 Å². The zero-order valence-electron chi connectivity index (χ0n) is 20.1. The van der Waals surface area contributed by atoms with Gasteiger partial charge in [-0.1, -0.05) is 42.0 Å². The van der Waals surface area contributed by atoms with Crippen molar-refractivity contribution >= 4 is 29.0 Å². The molecule has 0 atom stereocenters. The maximum absolute atomic E-state index is 12.4. The standard InChI is InChI=1S/C28H32N2O2S.HI/c1-21-4-8-23(9-5-21)27-14-12-26(33-27)13-15-28(31)29-24-10-6-22(7-11-24)20-30(2,3)25-16-18-32-19-17-25;/h4-15,25H,16-20H2,1-3H3;1H. The van der Waals surface area contributed by atoms with Crippen molar-refractivity contribution in [2.24, 2.45) is 0 Å². The number of carbonyl (C=O) groups is 1. The van der Waals surface area contributed by atoms with E-state index in [0.717, 1.165) is 47.6 Å². The Morgan fingerprint density at radius 1 is 1.03 bits per heavy atom. The van der Waals surface area contributed by atoms with Gasteiger partial charge in [0.1, 0.15) is 6.54 Å². The summed E-state index contributed by atoms with van der Waals surface area (Å²) in [6, 6.07) is 21.5. The molecule has 1 aliphatic heterocycles. The fourth-order valence-corrected chi connectivity index (χ4v) is 5.25. The summed E-state index contributed by atoms with van der Waals surface area (Å²) < 4.78 is 6.48. The molecule has 2 aromatic carbocycles. The lowest BCUT2D eigenvalue weighted by Crippen LogP contribution is -3.00. The molecule has 1 saturated heterocycles. The largest absolute Gasteiger partial charge is 1.00 e. The molecule has 0 saturated carbocycles. The monoisotopic (exact) mass is 588 g/mol. The Hall–Kier alpha value is -2.00. The van der Waals surface area contributed by atoms with E-state index in [9.17, 15) is 4.79 Å². The second-order valence-corrected chi connectivity index (χ2v) is 10.5. The summed E-state index contributed by atoms with van der Waals surface area (Å²) in [5.74, 6) is -0.119. The summed E-state index contributed by atoms with van der Waals surface area (Å²) in [5, 5.41) is 2.97. The highest BCUT2D eigenvalue weighted by Gasteiger charge is 2.30. The molecule has 0 spiro atoms. The van der Waals surface area contributed by atoms with Crippen molar-refractivity contribution in [1.82, 2.24) is 0 Å². The summed E-state index contributed by atoms with van der Waals surface area (Å²) in [7, 11) is 4.59. The van der Waals surface area contributed by atoms with Crippen LogP contribution in [0.3, 0.4) is 0 Å². The van der Waals surface area contributed by atoms with E-state index in [2.05, 4.69) is 74.9 Å². The van der Waals surface area contributed by atoms with Gasteiger partial charge in [0.25, 0.3) is 0 Å². The van der Waals surface area contributed by atoms with Gasteiger partial charge in [-0.2, -0.15) is 0 Å². The molecule has 1 N–H and O–H groups in total. The molecule has 1 aliphatic rings. The second-order valence-electron chi connectivity index (χ2n) is 9.37. The van der Waals surface area contributed by atoms with Crippen LogP contribution in [0.2, 0.25) is 0 Å². The lowest BCUT2D eigenvalue weighted by molar-refractivity contribution is -0.929. The minimum absolute atomic E-state index is 0. The van der Waals surface area contributed by atoms with Crippen molar-refractivity contribution in [1.29, 1.82) is 0 Å². The van der Waals surface area contributed by atoms with Gasteiger partial charge in [-0.3, -0.25) is 4.79 Å². The average Bonchev–Trinajstić information content (AvgIpc) is 3.29. The minimum atomic E-state index is -0.119. The number of ether oxygens (including phenoxy) is 1. The predicted molar refractivity (Wildman–Crippen MR) is 138 cm³/mol. The molecule has 0 aliphatic carbocycles. The molecule has 1 amide bonds. The van der Waals surface area contributed by atoms with Gasteiger partial charge in [0.2, 0.25) is 5.91 Å². The van der Waals surface area contributed by atoms with E-state index in [1.807, 2.05) is 18.2 Å². The number of rotatable bonds is 7. The molecule has 180 valence electrons. The van der Waals surface area contributed by atoms with E-state index in [0.29, 0.717) is 6.04 Å². The summed E-state index contributed by atoms with van der Waals surface area (Å²) in [6.07, 6.45) is 5.71. The average molecular weight is 589 g/mol. The Morgan fingerprint density at radius 2 is 1.71 bits per heavy atom. The molecule has 4 nitrogen and oxygen atoms in total. The fourth-order valence-electron chi connectivity index (χ4n) is 4.33. The van der Waals surface area contributed by atoms with Crippen molar-refractivity contribution in [3.63, 3.8) is 0 Å². The molecule has 34 heavy (non-hydrogen) atoms. The number of carbonyl (C=O) groups excluding carboxylic acids is 1. The highest BCUT2D eigenvalue weighted by Crippen LogP contribution is 2.29. The van der Waals surface area contributed by atoms with Gasteiger partial charge in [-0.15, -0.1) is 11.3 Å². The molecule has 3 aromatic rings. The number of hydrogen-bond acceptors (Lipinski definition) is 3. The maximum atomic E-state index is 12.4. The number of thiophene rings is 1. The Bertz CT molecular complexity index is 1100. The van der Waals surface area contributed by atoms with Gasteiger partial charge in [0.15, 0.2) is 0 Å². The predicted octanol–water partition coefficient (Wildman–Crippen LogP) is 3.13. The first kappa shape index (κ1) is 26.6. The minimum Gasteiger partial charge on any atom is -1.00 e. The topological polar surface area (TPSA) is 38.3 Å². The first-order valence-corrected chi connectivity index (χ1v) is 12.4. The highest BCUT2D eigenvalue weighted by molar-refractivity contribution is 7.16. The van der Waals surface area contributed by atoms with E-state index in [-0.39, 0.29) is 29.9 Å². The Kier molecular flexibility index (Phi) is 9.47. The molecule has 0 radical (unpaired) electrons.